The molecule has 0 atom stereocenters. The highest BCUT2D eigenvalue weighted by Crippen LogP contribution is 2.08. The third kappa shape index (κ3) is 3.04. The van der Waals surface area contributed by atoms with Crippen LogP contribution in [0.5, 0.6) is 0 Å². The summed E-state index contributed by atoms with van der Waals surface area (Å²) >= 11 is 1.66. The van der Waals surface area contributed by atoms with Gasteiger partial charge >= 0.3 is 0 Å². The molecule has 0 radical (unpaired) electrons. The highest BCUT2D eigenvalue weighted by molar-refractivity contribution is 7.09. The smallest absolute Gasteiger partial charge is 0.271 e. The van der Waals surface area contributed by atoms with Crippen LogP contribution in [0, 0.1) is 0 Å². The van der Waals surface area contributed by atoms with E-state index in [4.69, 9.17) is 0 Å². The Bertz CT molecular complexity index is 590. The Morgan fingerprint density at radius 2 is 2.28 bits per heavy atom. The zero-order valence-electron chi connectivity index (χ0n) is 9.92. The van der Waals surface area contributed by atoms with E-state index < -0.39 is 0 Å². The standard InChI is InChI=1S/C12H13N3O2S/c1-15-11(16)5-4-10(14-15)12(17)13-7-6-9-3-2-8-18-9/h2-5,8H,6-7H2,1H3,(H,13,17). The van der Waals surface area contributed by atoms with Crippen LogP contribution in [0.3, 0.4) is 0 Å². The zero-order chi connectivity index (χ0) is 13.0. The predicted molar refractivity (Wildman–Crippen MR) is 69.8 cm³/mol. The molecule has 6 heteroatoms. The molecule has 0 aliphatic heterocycles. The Morgan fingerprint density at radius 1 is 1.44 bits per heavy atom. The molecule has 0 unspecified atom stereocenters. The summed E-state index contributed by atoms with van der Waals surface area (Å²) in [5, 5.41) is 8.66. The van der Waals surface area contributed by atoms with E-state index in [9.17, 15) is 9.59 Å². The molecule has 2 aromatic rings. The number of nitrogens with one attached hydrogen (secondary N) is 1. The van der Waals surface area contributed by atoms with E-state index in [1.165, 1.54) is 24.1 Å². The minimum Gasteiger partial charge on any atom is -0.350 e. The monoisotopic (exact) mass is 263 g/mol. The molecule has 5 nitrogen and oxygen atoms in total. The van der Waals surface area contributed by atoms with Gasteiger partial charge < -0.3 is 5.32 Å². The summed E-state index contributed by atoms with van der Waals surface area (Å²) in [5.74, 6) is -0.262. The van der Waals surface area contributed by atoms with E-state index >= 15 is 0 Å². The van der Waals surface area contributed by atoms with E-state index in [1.54, 1.807) is 11.3 Å². The maximum Gasteiger partial charge on any atom is 0.271 e. The average molecular weight is 263 g/mol. The summed E-state index contributed by atoms with van der Waals surface area (Å²) < 4.78 is 1.15. The Hall–Kier alpha value is -1.95. The first-order valence-electron chi connectivity index (χ1n) is 5.52. The maximum atomic E-state index is 11.8. The van der Waals surface area contributed by atoms with Gasteiger partial charge in [0.25, 0.3) is 11.5 Å². The van der Waals surface area contributed by atoms with Gasteiger partial charge in [-0.05, 0) is 23.9 Å². The zero-order valence-corrected chi connectivity index (χ0v) is 10.7. The minimum absolute atomic E-state index is 0.231. The first kappa shape index (κ1) is 12.5. The molecular weight excluding hydrogens is 250 g/mol. The van der Waals surface area contributed by atoms with Crippen LogP contribution in [0.4, 0.5) is 0 Å². The molecular formula is C12H13N3O2S. The van der Waals surface area contributed by atoms with Crippen molar-refractivity contribution in [2.24, 2.45) is 7.05 Å². The van der Waals surface area contributed by atoms with Crippen LogP contribution in [0.2, 0.25) is 0 Å². The summed E-state index contributed by atoms with van der Waals surface area (Å²) in [6.07, 6.45) is 0.801. The van der Waals surface area contributed by atoms with E-state index in [0.717, 1.165) is 11.1 Å². The van der Waals surface area contributed by atoms with Crippen LogP contribution in [-0.4, -0.2) is 22.2 Å². The third-order valence-electron chi connectivity index (χ3n) is 2.43. The minimum atomic E-state index is -0.262. The molecule has 2 aromatic heterocycles. The molecule has 2 heterocycles. The maximum absolute atomic E-state index is 11.8. The summed E-state index contributed by atoms with van der Waals surface area (Å²) in [5.41, 5.74) is 0.0217. The van der Waals surface area contributed by atoms with Crippen LogP contribution < -0.4 is 10.9 Å². The molecule has 0 aliphatic rings. The van der Waals surface area contributed by atoms with Crippen molar-refractivity contribution in [3.63, 3.8) is 0 Å². The molecule has 2 rings (SSSR count). The van der Waals surface area contributed by atoms with Gasteiger partial charge in [0, 0.05) is 24.5 Å². The Balaban J connectivity index is 1.91. The number of aromatic nitrogens is 2. The van der Waals surface area contributed by atoms with Gasteiger partial charge in [0.2, 0.25) is 0 Å². The van der Waals surface area contributed by atoms with Gasteiger partial charge in [0.15, 0.2) is 0 Å². The number of rotatable bonds is 4. The lowest BCUT2D eigenvalue weighted by molar-refractivity contribution is 0.0947. The van der Waals surface area contributed by atoms with Gasteiger partial charge in [-0.2, -0.15) is 5.10 Å². The molecule has 0 spiro atoms. The topological polar surface area (TPSA) is 64.0 Å². The number of amides is 1. The van der Waals surface area contributed by atoms with Crippen LogP contribution >= 0.6 is 11.3 Å². The molecule has 18 heavy (non-hydrogen) atoms. The second-order valence-electron chi connectivity index (χ2n) is 3.77. The number of hydrogen-bond acceptors (Lipinski definition) is 4. The largest absolute Gasteiger partial charge is 0.350 e. The normalized spacial score (nSPS) is 10.3. The molecule has 0 saturated carbocycles. The van der Waals surface area contributed by atoms with E-state index in [-0.39, 0.29) is 17.2 Å². The van der Waals surface area contributed by atoms with E-state index in [2.05, 4.69) is 10.4 Å². The van der Waals surface area contributed by atoms with Crippen molar-refractivity contribution in [2.75, 3.05) is 6.54 Å². The SMILES string of the molecule is Cn1nc(C(=O)NCCc2cccs2)ccc1=O. The van der Waals surface area contributed by atoms with Crippen molar-refractivity contribution >= 4 is 17.2 Å². The number of hydrogen-bond donors (Lipinski definition) is 1. The fourth-order valence-corrected chi connectivity index (χ4v) is 2.18. The Morgan fingerprint density at radius 3 is 2.94 bits per heavy atom. The highest BCUT2D eigenvalue weighted by Gasteiger charge is 2.07. The van der Waals surface area contributed by atoms with Gasteiger partial charge in [-0.3, -0.25) is 9.59 Å². The number of aryl methyl sites for hydroxylation is 1. The molecule has 0 saturated heterocycles. The van der Waals surface area contributed by atoms with Gasteiger partial charge in [-0.1, -0.05) is 6.07 Å². The predicted octanol–water partition coefficient (Wildman–Crippen LogP) is 0.814. The number of carbonyl (C=O) groups is 1. The van der Waals surface area contributed by atoms with Crippen molar-refractivity contribution in [3.8, 4) is 0 Å². The van der Waals surface area contributed by atoms with Crippen LogP contribution in [0.25, 0.3) is 0 Å². The molecule has 0 bridgehead atoms. The van der Waals surface area contributed by atoms with Crippen LogP contribution in [0.1, 0.15) is 15.4 Å². The Kier molecular flexibility index (Phi) is 3.88. The van der Waals surface area contributed by atoms with E-state index in [0.29, 0.717) is 6.54 Å². The molecule has 0 fully saturated rings. The quantitative estimate of drug-likeness (QED) is 0.888. The Labute approximate surface area is 108 Å². The number of carbonyl (C=O) groups excluding carboxylic acids is 1. The average Bonchev–Trinajstić information content (AvgIpc) is 2.85. The fourth-order valence-electron chi connectivity index (χ4n) is 1.47. The summed E-state index contributed by atoms with van der Waals surface area (Å²) in [6.45, 7) is 0.559. The molecule has 1 amide bonds. The van der Waals surface area contributed by atoms with Crippen LogP contribution in [-0.2, 0) is 13.5 Å². The highest BCUT2D eigenvalue weighted by atomic mass is 32.1. The van der Waals surface area contributed by atoms with Crippen molar-refractivity contribution in [1.82, 2.24) is 15.1 Å². The van der Waals surface area contributed by atoms with Gasteiger partial charge in [0.1, 0.15) is 5.69 Å². The van der Waals surface area contributed by atoms with Crippen molar-refractivity contribution < 1.29 is 4.79 Å². The molecule has 94 valence electrons. The second kappa shape index (κ2) is 5.59. The van der Waals surface area contributed by atoms with Crippen molar-refractivity contribution in [2.45, 2.75) is 6.42 Å². The van der Waals surface area contributed by atoms with Gasteiger partial charge in [-0.25, -0.2) is 4.68 Å². The first-order chi connectivity index (χ1) is 8.66. The third-order valence-corrected chi connectivity index (χ3v) is 3.37. The van der Waals surface area contributed by atoms with Crippen LogP contribution in [0.15, 0.2) is 34.4 Å². The number of nitrogens with zero attached hydrogens (tertiary/aromatic N) is 2. The lowest BCUT2D eigenvalue weighted by atomic mass is 10.3. The summed E-state index contributed by atoms with van der Waals surface area (Å²) in [7, 11) is 1.52. The first-order valence-corrected chi connectivity index (χ1v) is 6.40. The van der Waals surface area contributed by atoms with E-state index in [1.807, 2.05) is 17.5 Å². The van der Waals surface area contributed by atoms with Crippen molar-refractivity contribution in [3.05, 3.63) is 50.6 Å². The lowest BCUT2D eigenvalue weighted by Gasteiger charge is -2.04. The number of thiophene rings is 1. The lowest BCUT2D eigenvalue weighted by Crippen LogP contribution is -2.29. The van der Waals surface area contributed by atoms with Crippen molar-refractivity contribution in [1.29, 1.82) is 0 Å². The van der Waals surface area contributed by atoms with Gasteiger partial charge in [0.05, 0.1) is 0 Å². The molecule has 0 aromatic carbocycles. The fraction of sp³-hybridized carbons (Fsp3) is 0.250. The molecule has 1 N–H and O–H groups in total. The van der Waals surface area contributed by atoms with Gasteiger partial charge in [-0.15, -0.1) is 11.3 Å². The molecule has 0 aliphatic carbocycles. The second-order valence-corrected chi connectivity index (χ2v) is 4.80. The summed E-state index contributed by atoms with van der Waals surface area (Å²) in [6, 6.07) is 6.78. The summed E-state index contributed by atoms with van der Waals surface area (Å²) in [4.78, 5) is 24.1.